The molecule has 1 aromatic carbocycles. The van der Waals surface area contributed by atoms with E-state index in [1.165, 1.54) is 28.7 Å². The lowest BCUT2D eigenvalue weighted by Gasteiger charge is -2.34. The summed E-state index contributed by atoms with van der Waals surface area (Å²) in [5.74, 6) is 1.04. The number of hydrogen-bond donors (Lipinski definition) is 0. The molecule has 0 atom stereocenters. The summed E-state index contributed by atoms with van der Waals surface area (Å²) in [4.78, 5) is 36.4. The van der Waals surface area contributed by atoms with Gasteiger partial charge in [0.2, 0.25) is 5.91 Å². The van der Waals surface area contributed by atoms with Crippen molar-refractivity contribution in [2.24, 2.45) is 5.92 Å². The fourth-order valence-electron chi connectivity index (χ4n) is 5.34. The standard InChI is InChI=1S/C27H31N5O2S/c28-12-17-32-23(29-25-24(27(32)34)22(19-35-25)20-8-4-3-5-9-20)18-30-15-10-21(11-16-30)26(33)31-13-6-1-2-7-14-31/h3-5,8-9,19,21H,1-2,6-7,10-11,13-18H2. The molecule has 2 aliphatic heterocycles. The van der Waals surface area contributed by atoms with E-state index in [1.807, 2.05) is 35.7 Å². The second kappa shape index (κ2) is 10.7. The summed E-state index contributed by atoms with van der Waals surface area (Å²) in [6.45, 7) is 3.88. The fourth-order valence-corrected chi connectivity index (χ4v) is 6.29. The van der Waals surface area contributed by atoms with Crippen molar-refractivity contribution >= 4 is 27.5 Å². The Labute approximate surface area is 209 Å². The maximum Gasteiger partial charge on any atom is 0.263 e. The highest BCUT2D eigenvalue weighted by Crippen LogP contribution is 2.31. The van der Waals surface area contributed by atoms with Crippen LogP contribution in [0.2, 0.25) is 0 Å². The highest BCUT2D eigenvalue weighted by atomic mass is 32.1. The monoisotopic (exact) mass is 489 g/mol. The summed E-state index contributed by atoms with van der Waals surface area (Å²) in [6.07, 6.45) is 6.34. The van der Waals surface area contributed by atoms with E-state index >= 15 is 0 Å². The Hall–Kier alpha value is -3.02. The lowest BCUT2D eigenvalue weighted by Crippen LogP contribution is -2.43. The zero-order valence-corrected chi connectivity index (χ0v) is 20.8. The molecule has 4 heterocycles. The van der Waals surface area contributed by atoms with Crippen LogP contribution in [0.5, 0.6) is 0 Å². The first-order chi connectivity index (χ1) is 17.2. The van der Waals surface area contributed by atoms with Crippen molar-refractivity contribution in [3.63, 3.8) is 0 Å². The summed E-state index contributed by atoms with van der Waals surface area (Å²) >= 11 is 1.47. The quantitative estimate of drug-likeness (QED) is 0.535. The van der Waals surface area contributed by atoms with Gasteiger partial charge in [0.1, 0.15) is 17.2 Å². The molecule has 182 valence electrons. The van der Waals surface area contributed by atoms with Gasteiger partial charge in [-0.1, -0.05) is 43.2 Å². The number of amides is 1. The summed E-state index contributed by atoms with van der Waals surface area (Å²) in [6, 6.07) is 12.0. The number of aromatic nitrogens is 2. The molecule has 2 aliphatic rings. The first-order valence-electron chi connectivity index (χ1n) is 12.6. The van der Waals surface area contributed by atoms with E-state index in [0.29, 0.717) is 28.5 Å². The van der Waals surface area contributed by atoms with Crippen molar-refractivity contribution in [1.82, 2.24) is 19.4 Å². The molecule has 2 aromatic heterocycles. The van der Waals surface area contributed by atoms with Crippen LogP contribution >= 0.6 is 11.3 Å². The van der Waals surface area contributed by atoms with E-state index in [9.17, 15) is 14.9 Å². The summed E-state index contributed by atoms with van der Waals surface area (Å²) < 4.78 is 1.52. The molecule has 0 aliphatic carbocycles. The van der Waals surface area contributed by atoms with Crippen molar-refractivity contribution in [2.45, 2.75) is 51.6 Å². The average molecular weight is 490 g/mol. The van der Waals surface area contributed by atoms with Gasteiger partial charge in [0.05, 0.1) is 18.0 Å². The van der Waals surface area contributed by atoms with Gasteiger partial charge in [0.15, 0.2) is 0 Å². The number of likely N-dealkylation sites (tertiary alicyclic amines) is 2. The number of nitrogens with zero attached hydrogens (tertiary/aromatic N) is 5. The lowest BCUT2D eigenvalue weighted by molar-refractivity contribution is -0.137. The predicted molar refractivity (Wildman–Crippen MR) is 138 cm³/mol. The van der Waals surface area contributed by atoms with Crippen LogP contribution in [0.3, 0.4) is 0 Å². The van der Waals surface area contributed by atoms with Crippen LogP contribution in [-0.4, -0.2) is 51.4 Å². The molecule has 0 bridgehead atoms. The molecule has 0 unspecified atom stereocenters. The number of hydrogen-bond acceptors (Lipinski definition) is 6. The number of benzene rings is 1. The minimum absolute atomic E-state index is 0.0227. The number of rotatable bonds is 5. The van der Waals surface area contributed by atoms with Gasteiger partial charge in [-0.3, -0.25) is 19.1 Å². The normalized spacial score (nSPS) is 17.9. The Morgan fingerprint density at radius 2 is 1.77 bits per heavy atom. The number of fused-ring (bicyclic) bond motifs is 1. The zero-order chi connectivity index (χ0) is 24.2. The number of piperidine rings is 1. The molecular formula is C27H31N5O2S. The molecule has 5 rings (SSSR count). The Balaban J connectivity index is 1.33. The van der Waals surface area contributed by atoms with Gasteiger partial charge in [-0.25, -0.2) is 4.98 Å². The molecule has 8 heteroatoms. The Morgan fingerprint density at radius 3 is 2.46 bits per heavy atom. The van der Waals surface area contributed by atoms with Crippen LogP contribution in [-0.2, 0) is 17.9 Å². The fraction of sp³-hybridized carbons (Fsp3) is 0.481. The number of carbonyl (C=O) groups excluding carboxylic acids is 1. The molecule has 0 N–H and O–H groups in total. The highest BCUT2D eigenvalue weighted by Gasteiger charge is 2.29. The van der Waals surface area contributed by atoms with Gasteiger partial charge in [-0.05, 0) is 44.3 Å². The topological polar surface area (TPSA) is 82.2 Å². The van der Waals surface area contributed by atoms with Gasteiger partial charge in [-0.2, -0.15) is 5.26 Å². The second-order valence-electron chi connectivity index (χ2n) is 9.56. The van der Waals surface area contributed by atoms with E-state index in [0.717, 1.165) is 63.0 Å². The van der Waals surface area contributed by atoms with E-state index in [4.69, 9.17) is 4.98 Å². The Morgan fingerprint density at radius 1 is 1.06 bits per heavy atom. The first-order valence-corrected chi connectivity index (χ1v) is 13.5. The molecule has 2 fully saturated rings. The maximum absolute atomic E-state index is 13.5. The molecule has 7 nitrogen and oxygen atoms in total. The van der Waals surface area contributed by atoms with E-state index in [2.05, 4.69) is 15.9 Å². The van der Waals surface area contributed by atoms with E-state index < -0.39 is 0 Å². The van der Waals surface area contributed by atoms with Gasteiger partial charge in [0.25, 0.3) is 5.56 Å². The predicted octanol–water partition coefficient (Wildman–Crippen LogP) is 4.26. The highest BCUT2D eigenvalue weighted by molar-refractivity contribution is 7.17. The van der Waals surface area contributed by atoms with Crippen molar-refractivity contribution in [2.75, 3.05) is 26.2 Å². The number of carbonyl (C=O) groups is 1. The van der Waals surface area contributed by atoms with Gasteiger partial charge in [-0.15, -0.1) is 11.3 Å². The summed E-state index contributed by atoms with van der Waals surface area (Å²) in [5, 5.41) is 12.0. The maximum atomic E-state index is 13.5. The third-order valence-electron chi connectivity index (χ3n) is 7.31. The van der Waals surface area contributed by atoms with Crippen LogP contribution in [0.1, 0.15) is 44.3 Å². The van der Waals surface area contributed by atoms with Crippen LogP contribution in [0.25, 0.3) is 21.3 Å². The third-order valence-corrected chi connectivity index (χ3v) is 8.18. The zero-order valence-electron chi connectivity index (χ0n) is 20.0. The Bertz CT molecular complexity index is 1280. The van der Waals surface area contributed by atoms with Crippen LogP contribution in [0.4, 0.5) is 0 Å². The lowest BCUT2D eigenvalue weighted by atomic mass is 9.95. The van der Waals surface area contributed by atoms with Gasteiger partial charge >= 0.3 is 0 Å². The van der Waals surface area contributed by atoms with Gasteiger partial charge < -0.3 is 4.90 Å². The summed E-state index contributed by atoms with van der Waals surface area (Å²) in [7, 11) is 0. The van der Waals surface area contributed by atoms with Crippen molar-refractivity contribution in [3.8, 4) is 17.2 Å². The number of thiophene rings is 1. The van der Waals surface area contributed by atoms with Crippen molar-refractivity contribution < 1.29 is 4.79 Å². The van der Waals surface area contributed by atoms with Crippen molar-refractivity contribution in [1.29, 1.82) is 5.26 Å². The molecular weight excluding hydrogens is 458 g/mol. The molecule has 2 saturated heterocycles. The molecule has 1 amide bonds. The molecule has 3 aromatic rings. The van der Waals surface area contributed by atoms with Crippen LogP contribution < -0.4 is 5.56 Å². The van der Waals surface area contributed by atoms with E-state index in [-0.39, 0.29) is 18.0 Å². The minimum atomic E-state index is -0.155. The SMILES string of the molecule is N#CCn1c(CN2CCC(C(=O)N3CCCCCC3)CC2)nc2scc(-c3ccccc3)c2c1=O. The average Bonchev–Trinajstić information content (AvgIpc) is 3.12. The van der Waals surface area contributed by atoms with Gasteiger partial charge in [0, 0.05) is 30.0 Å². The van der Waals surface area contributed by atoms with Crippen molar-refractivity contribution in [3.05, 3.63) is 51.9 Å². The molecule has 35 heavy (non-hydrogen) atoms. The number of nitriles is 1. The minimum Gasteiger partial charge on any atom is -0.342 e. The second-order valence-corrected chi connectivity index (χ2v) is 10.4. The van der Waals surface area contributed by atoms with E-state index in [1.54, 1.807) is 0 Å². The smallest absolute Gasteiger partial charge is 0.263 e. The van der Waals surface area contributed by atoms with Crippen LogP contribution in [0, 0.1) is 17.2 Å². The first kappa shape index (κ1) is 23.7. The largest absolute Gasteiger partial charge is 0.342 e. The molecule has 0 saturated carbocycles. The molecule has 0 spiro atoms. The summed E-state index contributed by atoms with van der Waals surface area (Å²) in [5.41, 5.74) is 1.69. The third kappa shape index (κ3) is 5.02. The van der Waals surface area contributed by atoms with Crippen LogP contribution in [0.15, 0.2) is 40.5 Å². The molecule has 0 radical (unpaired) electrons. The Kier molecular flexibility index (Phi) is 7.26.